The molecule has 1 atom stereocenters. The molecule has 0 saturated carbocycles. The lowest BCUT2D eigenvalue weighted by molar-refractivity contribution is -0.127. The number of nitrogens with one attached hydrogen (secondary N) is 1. The van der Waals surface area contributed by atoms with Gasteiger partial charge in [-0.3, -0.25) is 10.2 Å². The highest BCUT2D eigenvalue weighted by Crippen LogP contribution is 2.25. The summed E-state index contributed by atoms with van der Waals surface area (Å²) in [6, 6.07) is 5.50. The van der Waals surface area contributed by atoms with E-state index in [0.29, 0.717) is 11.3 Å². The molecule has 0 fully saturated rings. The zero-order valence-corrected chi connectivity index (χ0v) is 10.1. The number of hydrogen-bond donors (Lipinski definition) is 2. The summed E-state index contributed by atoms with van der Waals surface area (Å²) in [5.41, 5.74) is 4.24. The van der Waals surface area contributed by atoms with Gasteiger partial charge >= 0.3 is 0 Å². The molecule has 5 nitrogen and oxygen atoms in total. The summed E-state index contributed by atoms with van der Waals surface area (Å²) < 4.78 is 5.53. The number of rotatable bonds is 3. The van der Waals surface area contributed by atoms with Crippen molar-refractivity contribution in [2.75, 3.05) is 0 Å². The maximum absolute atomic E-state index is 11.2. The first kappa shape index (κ1) is 13.0. The molecule has 1 amide bonds. The van der Waals surface area contributed by atoms with Crippen molar-refractivity contribution in [2.45, 2.75) is 26.9 Å². The smallest absolute Gasteiger partial charge is 0.274 e. The van der Waals surface area contributed by atoms with E-state index in [2.05, 4.69) is 6.07 Å². The Balaban J connectivity index is 3.00. The number of nitrogens with two attached hydrogens (primary N) is 1. The molecule has 0 saturated heterocycles. The Morgan fingerprint density at radius 2 is 2.00 bits per heavy atom. The summed E-state index contributed by atoms with van der Waals surface area (Å²) in [7, 11) is 0. The van der Waals surface area contributed by atoms with Crippen molar-refractivity contribution in [1.82, 2.24) is 5.43 Å². The number of aryl methyl sites for hydroxylation is 2. The molecular weight excluding hydrogens is 218 g/mol. The van der Waals surface area contributed by atoms with E-state index in [-0.39, 0.29) is 0 Å². The quantitative estimate of drug-likeness (QED) is 0.462. The molecule has 1 aromatic carbocycles. The fourth-order valence-electron chi connectivity index (χ4n) is 1.55. The zero-order chi connectivity index (χ0) is 13.0. The van der Waals surface area contributed by atoms with E-state index in [0.717, 1.165) is 11.1 Å². The minimum Gasteiger partial charge on any atom is -0.480 e. The molecule has 1 rings (SSSR count). The molecule has 17 heavy (non-hydrogen) atoms. The van der Waals surface area contributed by atoms with Gasteiger partial charge in [-0.05, 0) is 44.0 Å². The van der Waals surface area contributed by atoms with E-state index in [9.17, 15) is 4.79 Å². The molecule has 0 spiro atoms. The third-order valence-electron chi connectivity index (χ3n) is 2.40. The number of nitriles is 1. The van der Waals surface area contributed by atoms with Gasteiger partial charge in [0, 0.05) is 0 Å². The van der Waals surface area contributed by atoms with Crippen LogP contribution in [0.3, 0.4) is 0 Å². The van der Waals surface area contributed by atoms with E-state index >= 15 is 0 Å². The molecule has 0 aliphatic heterocycles. The molecule has 5 heteroatoms. The molecule has 1 unspecified atom stereocenters. The Morgan fingerprint density at radius 3 is 2.41 bits per heavy atom. The summed E-state index contributed by atoms with van der Waals surface area (Å²) in [4.78, 5) is 11.2. The van der Waals surface area contributed by atoms with Crippen molar-refractivity contribution in [3.63, 3.8) is 0 Å². The van der Waals surface area contributed by atoms with E-state index in [1.165, 1.54) is 0 Å². The lowest BCUT2D eigenvalue weighted by Gasteiger charge is -2.17. The number of carbonyl (C=O) groups excluding carboxylic acids is 1. The van der Waals surface area contributed by atoms with Crippen LogP contribution in [0.25, 0.3) is 0 Å². The van der Waals surface area contributed by atoms with Crippen LogP contribution in [0, 0.1) is 25.2 Å². The van der Waals surface area contributed by atoms with Crippen molar-refractivity contribution >= 4 is 5.91 Å². The predicted molar refractivity (Wildman–Crippen MR) is 63.1 cm³/mol. The monoisotopic (exact) mass is 233 g/mol. The van der Waals surface area contributed by atoms with Gasteiger partial charge in [0.05, 0.1) is 11.6 Å². The molecule has 0 aliphatic carbocycles. The molecule has 0 heterocycles. The summed E-state index contributed by atoms with van der Waals surface area (Å²) >= 11 is 0. The van der Waals surface area contributed by atoms with Crippen molar-refractivity contribution in [3.8, 4) is 11.8 Å². The Kier molecular flexibility index (Phi) is 4.07. The maximum Gasteiger partial charge on any atom is 0.274 e. The Hall–Kier alpha value is -2.06. The average molecular weight is 233 g/mol. The Bertz CT molecular complexity index is 454. The van der Waals surface area contributed by atoms with Gasteiger partial charge < -0.3 is 4.74 Å². The third-order valence-corrected chi connectivity index (χ3v) is 2.40. The van der Waals surface area contributed by atoms with E-state index in [1.54, 1.807) is 19.1 Å². The molecule has 0 bridgehead atoms. The largest absolute Gasteiger partial charge is 0.480 e. The molecule has 90 valence electrons. The predicted octanol–water partition coefficient (Wildman–Crippen LogP) is 0.932. The van der Waals surface area contributed by atoms with Gasteiger partial charge in [-0.2, -0.15) is 5.26 Å². The minimum absolute atomic E-state index is 0.395. The molecular formula is C12H15N3O2. The molecule has 0 aromatic heterocycles. The number of carbonyl (C=O) groups is 1. The molecule has 3 N–H and O–H groups in total. The number of amides is 1. The van der Waals surface area contributed by atoms with E-state index in [1.807, 2.05) is 19.3 Å². The van der Waals surface area contributed by atoms with Crippen LogP contribution < -0.4 is 16.0 Å². The average Bonchev–Trinajstić information content (AvgIpc) is 2.31. The van der Waals surface area contributed by atoms with Gasteiger partial charge in [0.15, 0.2) is 6.10 Å². The first-order chi connectivity index (χ1) is 7.99. The van der Waals surface area contributed by atoms with Crippen LogP contribution in [0.2, 0.25) is 0 Å². The molecule has 1 aromatic rings. The Morgan fingerprint density at radius 1 is 1.47 bits per heavy atom. The van der Waals surface area contributed by atoms with Gasteiger partial charge in [-0.25, -0.2) is 5.84 Å². The summed E-state index contributed by atoms with van der Waals surface area (Å²) in [5.74, 6) is 5.24. The first-order valence-corrected chi connectivity index (χ1v) is 5.18. The second-order valence-corrected chi connectivity index (χ2v) is 3.82. The third kappa shape index (κ3) is 2.95. The van der Waals surface area contributed by atoms with Crippen molar-refractivity contribution in [1.29, 1.82) is 5.26 Å². The second-order valence-electron chi connectivity index (χ2n) is 3.82. The normalized spacial score (nSPS) is 11.5. The second kappa shape index (κ2) is 5.32. The summed E-state index contributed by atoms with van der Waals surface area (Å²) in [5, 5.41) is 8.81. The number of ether oxygens (including phenoxy) is 1. The zero-order valence-electron chi connectivity index (χ0n) is 10.1. The van der Waals surface area contributed by atoms with Gasteiger partial charge in [0.2, 0.25) is 0 Å². The van der Waals surface area contributed by atoms with Crippen LogP contribution in [-0.4, -0.2) is 12.0 Å². The van der Waals surface area contributed by atoms with Crippen LogP contribution in [0.4, 0.5) is 0 Å². The number of benzene rings is 1. The lowest BCUT2D eigenvalue weighted by Crippen LogP contribution is -2.40. The van der Waals surface area contributed by atoms with Crippen molar-refractivity contribution < 1.29 is 9.53 Å². The van der Waals surface area contributed by atoms with Crippen molar-refractivity contribution in [2.24, 2.45) is 5.84 Å². The molecule has 0 radical (unpaired) electrons. The van der Waals surface area contributed by atoms with Crippen molar-refractivity contribution in [3.05, 3.63) is 28.8 Å². The van der Waals surface area contributed by atoms with Gasteiger partial charge in [-0.1, -0.05) is 0 Å². The fourth-order valence-corrected chi connectivity index (χ4v) is 1.55. The topological polar surface area (TPSA) is 88.1 Å². The van der Waals surface area contributed by atoms with Gasteiger partial charge in [0.25, 0.3) is 5.91 Å². The van der Waals surface area contributed by atoms with Crippen LogP contribution in [0.1, 0.15) is 23.6 Å². The van der Waals surface area contributed by atoms with Crippen LogP contribution in [-0.2, 0) is 4.79 Å². The highest BCUT2D eigenvalue weighted by atomic mass is 16.5. The van der Waals surface area contributed by atoms with Crippen LogP contribution in [0.5, 0.6) is 5.75 Å². The lowest BCUT2D eigenvalue weighted by atomic mass is 10.1. The van der Waals surface area contributed by atoms with E-state index in [4.69, 9.17) is 15.8 Å². The Labute approximate surface area is 100 Å². The summed E-state index contributed by atoms with van der Waals surface area (Å²) in [6.45, 7) is 5.27. The van der Waals surface area contributed by atoms with Crippen LogP contribution in [0.15, 0.2) is 12.1 Å². The number of hydrazine groups is 1. The maximum atomic E-state index is 11.2. The summed E-state index contributed by atoms with van der Waals surface area (Å²) in [6.07, 6.45) is -0.676. The highest BCUT2D eigenvalue weighted by molar-refractivity contribution is 5.80. The minimum atomic E-state index is -0.676. The van der Waals surface area contributed by atoms with Gasteiger partial charge in [0.1, 0.15) is 5.75 Å². The highest BCUT2D eigenvalue weighted by Gasteiger charge is 2.16. The molecule has 0 aliphatic rings. The number of hydrogen-bond acceptors (Lipinski definition) is 4. The SMILES string of the molecule is Cc1cc(C#N)cc(C)c1OC(C)C(=O)NN. The van der Waals surface area contributed by atoms with E-state index < -0.39 is 12.0 Å². The first-order valence-electron chi connectivity index (χ1n) is 5.18. The van der Waals surface area contributed by atoms with Crippen LogP contribution >= 0.6 is 0 Å². The standard InChI is InChI=1S/C12H15N3O2/c1-7-4-10(6-13)5-8(2)11(7)17-9(3)12(16)15-14/h4-5,9H,14H2,1-3H3,(H,15,16). The number of nitrogens with zero attached hydrogens (tertiary/aromatic N) is 1. The van der Waals surface area contributed by atoms with Gasteiger partial charge in [-0.15, -0.1) is 0 Å². The fraction of sp³-hybridized carbons (Fsp3) is 0.333.